The molecule has 0 aliphatic heterocycles. The van der Waals surface area contributed by atoms with Gasteiger partial charge in [-0.2, -0.15) is 5.10 Å². The molecule has 4 aromatic rings. The minimum atomic E-state index is -0.318. The zero-order valence-corrected chi connectivity index (χ0v) is 15.8. The highest BCUT2D eigenvalue weighted by Gasteiger charge is 2.14. The fourth-order valence-corrected chi connectivity index (χ4v) is 3.30. The van der Waals surface area contributed by atoms with Gasteiger partial charge in [0.1, 0.15) is 17.3 Å². The molecule has 0 fully saturated rings. The first-order chi connectivity index (χ1) is 13.5. The first-order valence-corrected chi connectivity index (χ1v) is 9.10. The highest BCUT2D eigenvalue weighted by Crippen LogP contribution is 2.23. The second-order valence-electron chi connectivity index (χ2n) is 6.31. The summed E-state index contributed by atoms with van der Waals surface area (Å²) in [6.45, 7) is 0.428. The molecule has 0 aliphatic rings. The molecule has 0 bridgehead atoms. The van der Waals surface area contributed by atoms with Crippen LogP contribution in [-0.2, 0) is 13.5 Å². The number of hydrogen-bond donors (Lipinski definition) is 1. The van der Waals surface area contributed by atoms with Gasteiger partial charge in [0.05, 0.1) is 22.3 Å². The average Bonchev–Trinajstić information content (AvgIpc) is 3.05. The number of anilines is 1. The molecular weight excluding hydrogens is 381 g/mol. The molecule has 1 N–H and O–H groups in total. The molecule has 0 spiro atoms. The lowest BCUT2D eigenvalue weighted by molar-refractivity contribution is 0.629. The predicted octanol–water partition coefficient (Wildman–Crippen LogP) is 3.57. The summed E-state index contributed by atoms with van der Waals surface area (Å²) >= 11 is 6.09. The molecule has 0 unspecified atom stereocenters. The van der Waals surface area contributed by atoms with Gasteiger partial charge in [-0.15, -0.1) is 0 Å². The number of rotatable bonds is 5. The maximum absolute atomic E-state index is 13.8. The number of aryl methyl sites for hydroxylation is 1. The summed E-state index contributed by atoms with van der Waals surface area (Å²) in [5, 5.41) is 7.21. The number of para-hydroxylation sites is 1. The first kappa shape index (κ1) is 18.2. The van der Waals surface area contributed by atoms with Gasteiger partial charge in [-0.05, 0) is 24.3 Å². The maximum atomic E-state index is 13.8. The van der Waals surface area contributed by atoms with Crippen LogP contribution in [0.15, 0.2) is 59.5 Å². The van der Waals surface area contributed by atoms with Gasteiger partial charge in [-0.25, -0.2) is 14.1 Å². The number of benzene rings is 2. The van der Waals surface area contributed by atoms with Crippen LogP contribution in [-0.4, -0.2) is 25.9 Å². The van der Waals surface area contributed by atoms with Crippen molar-refractivity contribution in [2.75, 3.05) is 11.9 Å². The lowest BCUT2D eigenvalue weighted by Gasteiger charge is -2.11. The molecule has 0 amide bonds. The molecule has 28 heavy (non-hydrogen) atoms. The summed E-state index contributed by atoms with van der Waals surface area (Å²) in [6, 6.07) is 14.2. The van der Waals surface area contributed by atoms with Gasteiger partial charge in [0, 0.05) is 31.8 Å². The van der Waals surface area contributed by atoms with Crippen LogP contribution < -0.4 is 10.9 Å². The summed E-state index contributed by atoms with van der Waals surface area (Å²) in [5.41, 5.74) is 2.29. The number of aromatic nitrogens is 4. The van der Waals surface area contributed by atoms with Crippen molar-refractivity contribution < 1.29 is 4.39 Å². The Balaban J connectivity index is 1.68. The van der Waals surface area contributed by atoms with Crippen LogP contribution in [0.5, 0.6) is 0 Å². The summed E-state index contributed by atoms with van der Waals surface area (Å²) < 4.78 is 17.0. The minimum Gasteiger partial charge on any atom is -0.379 e. The Morgan fingerprint density at radius 1 is 1.18 bits per heavy atom. The van der Waals surface area contributed by atoms with Crippen molar-refractivity contribution in [3.05, 3.63) is 81.7 Å². The summed E-state index contributed by atoms with van der Waals surface area (Å²) in [5.74, 6) is 0.433. The van der Waals surface area contributed by atoms with Crippen molar-refractivity contribution in [1.29, 1.82) is 0 Å². The number of hydrogen-bond acceptors (Lipinski definition) is 4. The van der Waals surface area contributed by atoms with E-state index in [4.69, 9.17) is 11.6 Å². The van der Waals surface area contributed by atoms with Crippen LogP contribution in [0.2, 0.25) is 5.02 Å². The van der Waals surface area contributed by atoms with Gasteiger partial charge in [0.25, 0.3) is 5.56 Å². The molecule has 2 heterocycles. The molecule has 8 heteroatoms. The standard InChI is InChI=1S/C20H17ClFN5O/c1-26-20(28)19(15(21)12-24-26)23-10-9-18-25-16-8-7-13(22)11-17(16)27(18)14-5-3-2-4-6-14/h2-8,11-12,23H,9-10H2,1H3. The fraction of sp³-hybridized carbons (Fsp3) is 0.150. The minimum absolute atomic E-state index is 0.265. The van der Waals surface area contributed by atoms with Crippen molar-refractivity contribution in [1.82, 2.24) is 19.3 Å². The third-order valence-corrected chi connectivity index (χ3v) is 4.73. The zero-order chi connectivity index (χ0) is 19.7. The van der Waals surface area contributed by atoms with Crippen LogP contribution >= 0.6 is 11.6 Å². The molecular formula is C20H17ClFN5O. The summed E-state index contributed by atoms with van der Waals surface area (Å²) in [4.78, 5) is 16.8. The van der Waals surface area contributed by atoms with Crippen molar-refractivity contribution in [2.24, 2.45) is 7.05 Å². The molecule has 6 nitrogen and oxygen atoms in total. The Kier molecular flexibility index (Phi) is 4.83. The van der Waals surface area contributed by atoms with Gasteiger partial charge in [-0.1, -0.05) is 29.8 Å². The predicted molar refractivity (Wildman–Crippen MR) is 108 cm³/mol. The van der Waals surface area contributed by atoms with E-state index in [2.05, 4.69) is 15.4 Å². The second-order valence-corrected chi connectivity index (χ2v) is 6.71. The van der Waals surface area contributed by atoms with Crippen LogP contribution in [0.3, 0.4) is 0 Å². The van der Waals surface area contributed by atoms with Crippen LogP contribution in [0, 0.1) is 5.82 Å². The number of fused-ring (bicyclic) bond motifs is 1. The summed E-state index contributed by atoms with van der Waals surface area (Å²) in [7, 11) is 1.56. The zero-order valence-electron chi connectivity index (χ0n) is 15.1. The van der Waals surface area contributed by atoms with Gasteiger partial charge < -0.3 is 5.32 Å². The second kappa shape index (κ2) is 7.44. The van der Waals surface area contributed by atoms with E-state index in [9.17, 15) is 9.18 Å². The monoisotopic (exact) mass is 397 g/mol. The largest absolute Gasteiger partial charge is 0.379 e. The number of halogens is 2. The number of imidazole rings is 1. The van der Waals surface area contributed by atoms with E-state index in [1.807, 2.05) is 34.9 Å². The first-order valence-electron chi connectivity index (χ1n) is 8.72. The third kappa shape index (κ3) is 3.36. The summed E-state index contributed by atoms with van der Waals surface area (Å²) in [6.07, 6.45) is 1.93. The molecule has 4 rings (SSSR count). The molecule has 142 valence electrons. The highest BCUT2D eigenvalue weighted by atomic mass is 35.5. The molecule has 0 saturated carbocycles. The average molecular weight is 398 g/mol. The highest BCUT2D eigenvalue weighted by molar-refractivity contribution is 6.32. The molecule has 2 aromatic carbocycles. The Labute approximate surface area is 165 Å². The quantitative estimate of drug-likeness (QED) is 0.559. The van der Waals surface area contributed by atoms with E-state index >= 15 is 0 Å². The van der Waals surface area contributed by atoms with Gasteiger partial charge in [0.15, 0.2) is 0 Å². The van der Waals surface area contributed by atoms with Gasteiger partial charge in [0.2, 0.25) is 0 Å². The van der Waals surface area contributed by atoms with E-state index in [-0.39, 0.29) is 16.4 Å². The Bertz CT molecular complexity index is 1200. The number of nitrogens with one attached hydrogen (secondary N) is 1. The van der Waals surface area contributed by atoms with E-state index in [0.717, 1.165) is 11.5 Å². The van der Waals surface area contributed by atoms with E-state index in [1.54, 1.807) is 13.1 Å². The van der Waals surface area contributed by atoms with E-state index in [1.165, 1.54) is 23.0 Å². The van der Waals surface area contributed by atoms with Gasteiger partial charge >= 0.3 is 0 Å². The normalized spacial score (nSPS) is 11.1. The lowest BCUT2D eigenvalue weighted by atomic mass is 10.2. The molecule has 0 aliphatic carbocycles. The number of nitrogens with zero attached hydrogens (tertiary/aromatic N) is 4. The third-order valence-electron chi connectivity index (χ3n) is 4.44. The molecule has 2 aromatic heterocycles. The molecule has 0 atom stereocenters. The van der Waals surface area contributed by atoms with Crippen molar-refractivity contribution in [3.8, 4) is 5.69 Å². The Morgan fingerprint density at radius 3 is 2.75 bits per heavy atom. The van der Waals surface area contributed by atoms with Crippen LogP contribution in [0.1, 0.15) is 5.82 Å². The van der Waals surface area contributed by atoms with E-state index < -0.39 is 0 Å². The smallest absolute Gasteiger partial charge is 0.291 e. The van der Waals surface area contributed by atoms with E-state index in [0.29, 0.717) is 29.7 Å². The topological polar surface area (TPSA) is 64.7 Å². The van der Waals surface area contributed by atoms with Crippen LogP contribution in [0.4, 0.5) is 10.1 Å². The van der Waals surface area contributed by atoms with Crippen molar-refractivity contribution >= 4 is 28.3 Å². The Hall–Kier alpha value is -3.19. The maximum Gasteiger partial charge on any atom is 0.291 e. The lowest BCUT2D eigenvalue weighted by Crippen LogP contribution is -2.24. The van der Waals surface area contributed by atoms with Crippen molar-refractivity contribution in [3.63, 3.8) is 0 Å². The SMILES string of the molecule is Cn1ncc(Cl)c(NCCc2nc3ccc(F)cc3n2-c2ccccc2)c1=O. The molecule has 0 radical (unpaired) electrons. The Morgan fingerprint density at radius 2 is 1.96 bits per heavy atom. The molecule has 0 saturated heterocycles. The van der Waals surface area contributed by atoms with Crippen LogP contribution in [0.25, 0.3) is 16.7 Å². The van der Waals surface area contributed by atoms with Crippen molar-refractivity contribution in [2.45, 2.75) is 6.42 Å². The van der Waals surface area contributed by atoms with Gasteiger partial charge in [-0.3, -0.25) is 9.36 Å². The fourth-order valence-electron chi connectivity index (χ4n) is 3.11.